The predicted octanol–water partition coefficient (Wildman–Crippen LogP) is 3.58. The molecular formula is C18H22O3. The van der Waals surface area contributed by atoms with Crippen molar-refractivity contribution in [2.75, 3.05) is 14.2 Å². The Morgan fingerprint density at radius 2 is 1.62 bits per heavy atom. The molecule has 2 aromatic rings. The Kier molecular flexibility index (Phi) is 4.24. The third-order valence-corrected chi connectivity index (χ3v) is 3.85. The van der Waals surface area contributed by atoms with Gasteiger partial charge >= 0.3 is 0 Å². The van der Waals surface area contributed by atoms with Gasteiger partial charge in [0.2, 0.25) is 0 Å². The Balaban J connectivity index is 2.60. The van der Waals surface area contributed by atoms with Crippen molar-refractivity contribution in [3.8, 4) is 11.5 Å². The van der Waals surface area contributed by atoms with Crippen LogP contribution in [0.2, 0.25) is 0 Å². The summed E-state index contributed by atoms with van der Waals surface area (Å²) in [5, 5.41) is 11.1. The number of aryl methyl sites for hydroxylation is 2. The first-order chi connectivity index (χ1) is 9.90. The predicted molar refractivity (Wildman–Crippen MR) is 84.1 cm³/mol. The van der Waals surface area contributed by atoms with Crippen LogP contribution in [-0.4, -0.2) is 19.3 Å². The molecule has 2 aromatic carbocycles. The van der Waals surface area contributed by atoms with E-state index in [0.29, 0.717) is 11.5 Å². The first-order valence-electron chi connectivity index (χ1n) is 6.92. The second-order valence-electron chi connectivity index (χ2n) is 5.46. The van der Waals surface area contributed by atoms with E-state index in [-0.39, 0.29) is 0 Å². The monoisotopic (exact) mass is 286 g/mol. The Morgan fingerprint density at radius 3 is 2.24 bits per heavy atom. The number of aliphatic hydroxyl groups is 1. The zero-order valence-corrected chi connectivity index (χ0v) is 13.2. The van der Waals surface area contributed by atoms with Crippen LogP contribution in [0.4, 0.5) is 0 Å². The normalized spacial score (nSPS) is 13.6. The fraction of sp³-hybridized carbons (Fsp3) is 0.333. The van der Waals surface area contributed by atoms with Crippen LogP contribution in [0.25, 0.3) is 0 Å². The van der Waals surface area contributed by atoms with Gasteiger partial charge in [-0.2, -0.15) is 0 Å². The summed E-state index contributed by atoms with van der Waals surface area (Å²) in [5.74, 6) is 1.31. The van der Waals surface area contributed by atoms with E-state index in [1.165, 1.54) is 0 Å². The lowest BCUT2D eigenvalue weighted by molar-refractivity contribution is 0.0981. The summed E-state index contributed by atoms with van der Waals surface area (Å²) in [6.07, 6.45) is 0. The molecule has 0 amide bonds. The fourth-order valence-electron chi connectivity index (χ4n) is 2.61. The van der Waals surface area contributed by atoms with Crippen LogP contribution in [0.3, 0.4) is 0 Å². The zero-order chi connectivity index (χ0) is 15.6. The van der Waals surface area contributed by atoms with Gasteiger partial charge in [-0.25, -0.2) is 0 Å². The van der Waals surface area contributed by atoms with Gasteiger partial charge in [0, 0.05) is 11.6 Å². The minimum Gasteiger partial charge on any atom is -0.497 e. The summed E-state index contributed by atoms with van der Waals surface area (Å²) in [6.45, 7) is 5.81. The van der Waals surface area contributed by atoms with Crippen molar-refractivity contribution in [1.82, 2.24) is 0 Å². The maximum absolute atomic E-state index is 11.1. The molecule has 1 N–H and O–H groups in total. The van der Waals surface area contributed by atoms with Crippen LogP contribution in [0.5, 0.6) is 11.5 Å². The van der Waals surface area contributed by atoms with Gasteiger partial charge in [0.05, 0.1) is 14.2 Å². The molecule has 0 radical (unpaired) electrons. The summed E-state index contributed by atoms with van der Waals surface area (Å²) < 4.78 is 10.6. The van der Waals surface area contributed by atoms with Crippen LogP contribution in [0.15, 0.2) is 36.4 Å². The molecule has 3 nitrogen and oxygen atoms in total. The van der Waals surface area contributed by atoms with E-state index in [0.717, 1.165) is 22.3 Å². The van der Waals surface area contributed by atoms with Crippen molar-refractivity contribution in [3.05, 3.63) is 58.7 Å². The highest BCUT2D eigenvalue weighted by Crippen LogP contribution is 2.38. The molecule has 0 aliphatic heterocycles. The second kappa shape index (κ2) is 5.78. The van der Waals surface area contributed by atoms with Crippen LogP contribution < -0.4 is 9.47 Å². The second-order valence-corrected chi connectivity index (χ2v) is 5.46. The third-order valence-electron chi connectivity index (χ3n) is 3.85. The highest BCUT2D eigenvalue weighted by Gasteiger charge is 2.30. The molecule has 0 saturated heterocycles. The maximum Gasteiger partial charge on any atom is 0.128 e. The van der Waals surface area contributed by atoms with E-state index in [1.54, 1.807) is 27.2 Å². The van der Waals surface area contributed by atoms with E-state index >= 15 is 0 Å². The van der Waals surface area contributed by atoms with Crippen LogP contribution in [-0.2, 0) is 5.60 Å². The van der Waals surface area contributed by atoms with E-state index in [4.69, 9.17) is 9.47 Å². The van der Waals surface area contributed by atoms with Crippen molar-refractivity contribution in [3.63, 3.8) is 0 Å². The topological polar surface area (TPSA) is 38.7 Å². The number of hydrogen-bond acceptors (Lipinski definition) is 3. The van der Waals surface area contributed by atoms with Gasteiger partial charge in [-0.3, -0.25) is 0 Å². The molecule has 0 bridgehead atoms. The Morgan fingerprint density at radius 1 is 0.905 bits per heavy atom. The van der Waals surface area contributed by atoms with Crippen molar-refractivity contribution < 1.29 is 14.6 Å². The van der Waals surface area contributed by atoms with E-state index in [9.17, 15) is 5.11 Å². The summed E-state index contributed by atoms with van der Waals surface area (Å²) in [5.41, 5.74) is 2.63. The standard InChI is InChI=1S/C18H22O3/c1-12-6-7-13(2)16(10-12)18(3,19)15-9-8-14(20-4)11-17(15)21-5/h6-11,19H,1-5H3. The van der Waals surface area contributed by atoms with Crippen molar-refractivity contribution in [1.29, 1.82) is 0 Å². The molecule has 0 aliphatic carbocycles. The van der Waals surface area contributed by atoms with Crippen molar-refractivity contribution in [2.24, 2.45) is 0 Å². The molecule has 21 heavy (non-hydrogen) atoms. The smallest absolute Gasteiger partial charge is 0.128 e. The van der Waals surface area contributed by atoms with Gasteiger partial charge in [0.1, 0.15) is 17.1 Å². The molecule has 0 fully saturated rings. The molecule has 1 unspecified atom stereocenters. The van der Waals surface area contributed by atoms with E-state index < -0.39 is 5.60 Å². The minimum atomic E-state index is -1.13. The Labute approximate surface area is 126 Å². The zero-order valence-electron chi connectivity index (χ0n) is 13.2. The minimum absolute atomic E-state index is 0.611. The first-order valence-corrected chi connectivity index (χ1v) is 6.92. The molecule has 0 saturated carbocycles. The maximum atomic E-state index is 11.1. The van der Waals surface area contributed by atoms with Crippen LogP contribution in [0.1, 0.15) is 29.2 Å². The Bertz CT molecular complexity index is 645. The quantitative estimate of drug-likeness (QED) is 0.933. The van der Waals surface area contributed by atoms with Gasteiger partial charge < -0.3 is 14.6 Å². The van der Waals surface area contributed by atoms with Gasteiger partial charge in [0.15, 0.2) is 0 Å². The molecule has 3 heteroatoms. The SMILES string of the molecule is COc1ccc(C(C)(O)c2cc(C)ccc2C)c(OC)c1. The number of hydrogen-bond donors (Lipinski definition) is 1. The average Bonchev–Trinajstić information content (AvgIpc) is 2.48. The Hall–Kier alpha value is -2.00. The lowest BCUT2D eigenvalue weighted by Crippen LogP contribution is -2.25. The number of rotatable bonds is 4. The van der Waals surface area contributed by atoms with Crippen molar-refractivity contribution >= 4 is 0 Å². The highest BCUT2D eigenvalue weighted by molar-refractivity contribution is 5.50. The van der Waals surface area contributed by atoms with Gasteiger partial charge in [-0.05, 0) is 44.0 Å². The van der Waals surface area contributed by atoms with Crippen LogP contribution in [0, 0.1) is 13.8 Å². The first kappa shape index (κ1) is 15.4. The third kappa shape index (κ3) is 2.88. The lowest BCUT2D eigenvalue weighted by atomic mass is 9.84. The molecule has 0 aliphatic rings. The van der Waals surface area contributed by atoms with Gasteiger partial charge in [-0.15, -0.1) is 0 Å². The van der Waals surface area contributed by atoms with Gasteiger partial charge in [-0.1, -0.05) is 23.8 Å². The largest absolute Gasteiger partial charge is 0.497 e. The van der Waals surface area contributed by atoms with Gasteiger partial charge in [0.25, 0.3) is 0 Å². The van der Waals surface area contributed by atoms with Crippen LogP contribution >= 0.6 is 0 Å². The lowest BCUT2D eigenvalue weighted by Gasteiger charge is -2.28. The molecule has 112 valence electrons. The number of benzene rings is 2. The molecule has 0 heterocycles. The van der Waals surface area contributed by atoms with E-state index in [1.807, 2.05) is 44.2 Å². The van der Waals surface area contributed by atoms with Crippen molar-refractivity contribution in [2.45, 2.75) is 26.4 Å². The summed E-state index contributed by atoms with van der Waals surface area (Å²) in [7, 11) is 3.20. The summed E-state index contributed by atoms with van der Waals surface area (Å²) >= 11 is 0. The van der Waals surface area contributed by atoms with E-state index in [2.05, 4.69) is 0 Å². The molecule has 0 spiro atoms. The number of methoxy groups -OCH3 is 2. The average molecular weight is 286 g/mol. The molecule has 0 aromatic heterocycles. The fourth-order valence-corrected chi connectivity index (χ4v) is 2.61. The molecule has 1 atom stereocenters. The summed E-state index contributed by atoms with van der Waals surface area (Å²) in [6, 6.07) is 11.5. The molecular weight excluding hydrogens is 264 g/mol. The summed E-state index contributed by atoms with van der Waals surface area (Å²) in [4.78, 5) is 0. The highest BCUT2D eigenvalue weighted by atomic mass is 16.5. The molecule has 2 rings (SSSR count). The number of ether oxygens (including phenoxy) is 2.